The SMILES string of the molecule is CCN(CC)CCCNS(=O)(=O)c1cc(N)c(C)cc1Cl. The standard InChI is InChI=1S/C14H24ClN3O2S/c1-4-18(5-2)8-6-7-17-21(19,20)14-10-13(16)11(3)9-12(14)15/h9-10,17H,4-8,16H2,1-3H3. The average molecular weight is 334 g/mol. The first-order valence-corrected chi connectivity index (χ1v) is 8.95. The summed E-state index contributed by atoms with van der Waals surface area (Å²) in [5.74, 6) is 0. The van der Waals surface area contributed by atoms with Crippen LogP contribution in [0.4, 0.5) is 5.69 Å². The van der Waals surface area contributed by atoms with E-state index in [0.29, 0.717) is 12.2 Å². The molecule has 0 aromatic heterocycles. The highest BCUT2D eigenvalue weighted by molar-refractivity contribution is 7.89. The van der Waals surface area contributed by atoms with E-state index < -0.39 is 10.0 Å². The van der Waals surface area contributed by atoms with Crippen LogP contribution in [0.15, 0.2) is 17.0 Å². The van der Waals surface area contributed by atoms with Crippen molar-refractivity contribution >= 4 is 27.3 Å². The second-order valence-electron chi connectivity index (χ2n) is 4.92. The van der Waals surface area contributed by atoms with Gasteiger partial charge in [-0.15, -0.1) is 0 Å². The lowest BCUT2D eigenvalue weighted by Gasteiger charge is -2.17. The van der Waals surface area contributed by atoms with Crippen molar-refractivity contribution in [2.75, 3.05) is 31.9 Å². The molecule has 0 atom stereocenters. The highest BCUT2D eigenvalue weighted by Gasteiger charge is 2.18. The molecule has 3 N–H and O–H groups in total. The Hall–Kier alpha value is -0.820. The Morgan fingerprint density at radius 3 is 2.48 bits per heavy atom. The van der Waals surface area contributed by atoms with E-state index >= 15 is 0 Å². The normalized spacial score (nSPS) is 12.0. The van der Waals surface area contributed by atoms with Crippen LogP contribution in [-0.4, -0.2) is 39.5 Å². The molecule has 120 valence electrons. The smallest absolute Gasteiger partial charge is 0.242 e. The van der Waals surface area contributed by atoms with E-state index in [1.165, 1.54) is 6.07 Å². The summed E-state index contributed by atoms with van der Waals surface area (Å²) in [5.41, 5.74) is 6.94. The van der Waals surface area contributed by atoms with Gasteiger partial charge in [0.25, 0.3) is 0 Å². The number of hydrogen-bond acceptors (Lipinski definition) is 4. The van der Waals surface area contributed by atoms with E-state index in [1.54, 1.807) is 13.0 Å². The van der Waals surface area contributed by atoms with Crippen LogP contribution in [0.25, 0.3) is 0 Å². The van der Waals surface area contributed by atoms with Gasteiger partial charge in [-0.2, -0.15) is 0 Å². The molecular weight excluding hydrogens is 310 g/mol. The minimum Gasteiger partial charge on any atom is -0.398 e. The summed E-state index contributed by atoms with van der Waals surface area (Å²) in [6.07, 6.45) is 0.750. The second kappa shape index (κ2) is 7.98. The molecule has 0 radical (unpaired) electrons. The molecule has 0 aliphatic carbocycles. The lowest BCUT2D eigenvalue weighted by molar-refractivity contribution is 0.300. The van der Waals surface area contributed by atoms with Gasteiger partial charge in [0, 0.05) is 12.2 Å². The van der Waals surface area contributed by atoms with Crippen LogP contribution in [-0.2, 0) is 10.0 Å². The molecule has 0 spiro atoms. The van der Waals surface area contributed by atoms with Crippen molar-refractivity contribution in [3.8, 4) is 0 Å². The van der Waals surface area contributed by atoms with Crippen molar-refractivity contribution in [1.82, 2.24) is 9.62 Å². The van der Waals surface area contributed by atoms with Crippen molar-refractivity contribution in [3.05, 3.63) is 22.7 Å². The molecule has 1 aromatic carbocycles. The maximum absolute atomic E-state index is 12.2. The Kier molecular flexibility index (Phi) is 6.93. The lowest BCUT2D eigenvalue weighted by atomic mass is 10.2. The lowest BCUT2D eigenvalue weighted by Crippen LogP contribution is -2.30. The molecule has 0 saturated carbocycles. The monoisotopic (exact) mass is 333 g/mol. The zero-order chi connectivity index (χ0) is 16.0. The molecule has 7 heteroatoms. The number of sulfonamides is 1. The van der Waals surface area contributed by atoms with Crippen LogP contribution in [0.2, 0.25) is 5.02 Å². The van der Waals surface area contributed by atoms with Gasteiger partial charge in [0.05, 0.1) is 5.02 Å². The molecule has 0 bridgehead atoms. The van der Waals surface area contributed by atoms with Gasteiger partial charge in [0.1, 0.15) is 4.90 Å². The molecule has 0 heterocycles. The number of halogens is 1. The number of nitrogens with zero attached hydrogens (tertiary/aromatic N) is 1. The van der Waals surface area contributed by atoms with Gasteiger partial charge in [-0.3, -0.25) is 0 Å². The first-order chi connectivity index (χ1) is 9.81. The van der Waals surface area contributed by atoms with Crippen molar-refractivity contribution in [2.45, 2.75) is 32.1 Å². The van der Waals surface area contributed by atoms with E-state index in [0.717, 1.165) is 31.6 Å². The molecular formula is C14H24ClN3O2S. The van der Waals surface area contributed by atoms with Crippen molar-refractivity contribution in [1.29, 1.82) is 0 Å². The highest BCUT2D eigenvalue weighted by atomic mass is 35.5. The maximum Gasteiger partial charge on any atom is 0.242 e. The fourth-order valence-electron chi connectivity index (χ4n) is 2.00. The summed E-state index contributed by atoms with van der Waals surface area (Å²) >= 11 is 6.01. The first-order valence-electron chi connectivity index (χ1n) is 7.09. The third-order valence-corrected chi connectivity index (χ3v) is 5.37. The largest absolute Gasteiger partial charge is 0.398 e. The average Bonchev–Trinajstić information content (AvgIpc) is 2.43. The Labute approximate surface area is 132 Å². The Bertz CT molecular complexity index is 572. The summed E-state index contributed by atoms with van der Waals surface area (Å²) < 4.78 is 27.0. The number of nitrogens with two attached hydrogens (primary N) is 1. The number of aryl methyl sites for hydroxylation is 1. The summed E-state index contributed by atoms with van der Waals surface area (Å²) in [5, 5.41) is 0.193. The van der Waals surface area contributed by atoms with Gasteiger partial charge in [-0.05, 0) is 50.7 Å². The third kappa shape index (κ3) is 5.14. The van der Waals surface area contributed by atoms with Crippen LogP contribution in [0, 0.1) is 6.92 Å². The fraction of sp³-hybridized carbons (Fsp3) is 0.571. The summed E-state index contributed by atoms with van der Waals surface area (Å²) in [7, 11) is -3.62. The number of nitrogen functional groups attached to an aromatic ring is 1. The molecule has 0 aliphatic rings. The molecule has 0 aliphatic heterocycles. The number of benzene rings is 1. The predicted molar refractivity (Wildman–Crippen MR) is 88.2 cm³/mol. The summed E-state index contributed by atoms with van der Waals surface area (Å²) in [4.78, 5) is 2.28. The Balaban J connectivity index is 2.68. The predicted octanol–water partition coefficient (Wildman–Crippen LogP) is 2.24. The Morgan fingerprint density at radius 1 is 1.29 bits per heavy atom. The van der Waals surface area contributed by atoms with E-state index in [4.69, 9.17) is 17.3 Å². The van der Waals surface area contributed by atoms with Gasteiger partial charge in [-0.1, -0.05) is 25.4 Å². The van der Waals surface area contributed by atoms with Crippen molar-refractivity contribution in [2.24, 2.45) is 0 Å². The maximum atomic E-state index is 12.2. The van der Waals surface area contributed by atoms with Gasteiger partial charge in [-0.25, -0.2) is 13.1 Å². The van der Waals surface area contributed by atoms with Crippen LogP contribution in [0.5, 0.6) is 0 Å². The zero-order valence-corrected chi connectivity index (χ0v) is 14.4. The van der Waals surface area contributed by atoms with E-state index in [-0.39, 0.29) is 9.92 Å². The van der Waals surface area contributed by atoms with Crippen LogP contribution in [0.1, 0.15) is 25.8 Å². The van der Waals surface area contributed by atoms with Crippen molar-refractivity contribution in [3.63, 3.8) is 0 Å². The summed E-state index contributed by atoms with van der Waals surface area (Å²) in [6.45, 7) is 9.12. The van der Waals surface area contributed by atoms with E-state index in [2.05, 4.69) is 23.5 Å². The minimum absolute atomic E-state index is 0.0371. The highest BCUT2D eigenvalue weighted by Crippen LogP contribution is 2.26. The Morgan fingerprint density at radius 2 is 1.90 bits per heavy atom. The second-order valence-corrected chi connectivity index (χ2v) is 7.06. The quantitative estimate of drug-likeness (QED) is 0.565. The first kappa shape index (κ1) is 18.2. The number of hydrogen-bond donors (Lipinski definition) is 2. The number of anilines is 1. The van der Waals surface area contributed by atoms with Gasteiger partial charge < -0.3 is 10.6 Å². The molecule has 1 aromatic rings. The number of nitrogens with one attached hydrogen (secondary N) is 1. The number of rotatable bonds is 8. The molecule has 0 saturated heterocycles. The molecule has 0 amide bonds. The zero-order valence-electron chi connectivity index (χ0n) is 12.8. The molecule has 0 fully saturated rings. The van der Waals surface area contributed by atoms with Crippen molar-refractivity contribution < 1.29 is 8.42 Å². The molecule has 21 heavy (non-hydrogen) atoms. The molecule has 1 rings (SSSR count). The van der Waals surface area contributed by atoms with Crippen LogP contribution >= 0.6 is 11.6 Å². The molecule has 0 unspecified atom stereocenters. The fourth-order valence-corrected chi connectivity index (χ4v) is 3.69. The molecule has 5 nitrogen and oxygen atoms in total. The van der Waals surface area contributed by atoms with Gasteiger partial charge in [0.2, 0.25) is 10.0 Å². The van der Waals surface area contributed by atoms with Crippen LogP contribution < -0.4 is 10.5 Å². The minimum atomic E-state index is -3.62. The topological polar surface area (TPSA) is 75.4 Å². The van der Waals surface area contributed by atoms with E-state index in [9.17, 15) is 8.42 Å². The van der Waals surface area contributed by atoms with Gasteiger partial charge in [0.15, 0.2) is 0 Å². The van der Waals surface area contributed by atoms with Crippen LogP contribution in [0.3, 0.4) is 0 Å². The third-order valence-electron chi connectivity index (χ3n) is 3.45. The summed E-state index contributed by atoms with van der Waals surface area (Å²) in [6, 6.07) is 2.98. The van der Waals surface area contributed by atoms with E-state index in [1.807, 2.05) is 0 Å². The van der Waals surface area contributed by atoms with Gasteiger partial charge >= 0.3 is 0 Å².